The van der Waals surface area contributed by atoms with Crippen LogP contribution in [0.25, 0.3) is 0 Å². The van der Waals surface area contributed by atoms with Crippen molar-refractivity contribution in [2.75, 3.05) is 18.1 Å². The number of benzene rings is 2. The zero-order valence-electron chi connectivity index (χ0n) is 10.1. The normalized spacial score (nSPS) is 10.4. The number of para-hydroxylation sites is 1. The molecule has 0 saturated carbocycles. The van der Waals surface area contributed by atoms with Gasteiger partial charge in [-0.2, -0.15) is 0 Å². The molecule has 100 valence electrons. The highest BCUT2D eigenvalue weighted by molar-refractivity contribution is 7.99. The molecule has 2 aromatic rings. The first-order valence-corrected chi connectivity index (χ1v) is 7.09. The molecule has 0 heterocycles. The first-order valence-electron chi connectivity index (χ1n) is 5.72. The van der Waals surface area contributed by atoms with Gasteiger partial charge in [-0.15, -0.1) is 11.8 Å². The van der Waals surface area contributed by atoms with Crippen molar-refractivity contribution in [2.24, 2.45) is 0 Å². The SMILES string of the molecule is Nc1cccc(Cl)c1SCCOc1ccccc1F. The summed E-state index contributed by atoms with van der Waals surface area (Å²) in [6, 6.07) is 11.7. The lowest BCUT2D eigenvalue weighted by Gasteiger charge is -2.09. The summed E-state index contributed by atoms with van der Waals surface area (Å²) in [6.07, 6.45) is 0. The van der Waals surface area contributed by atoms with E-state index in [0.717, 1.165) is 4.90 Å². The maximum absolute atomic E-state index is 13.3. The molecule has 0 atom stereocenters. The Morgan fingerprint density at radius 2 is 1.95 bits per heavy atom. The van der Waals surface area contributed by atoms with E-state index < -0.39 is 0 Å². The van der Waals surface area contributed by atoms with Gasteiger partial charge in [-0.05, 0) is 24.3 Å². The van der Waals surface area contributed by atoms with E-state index in [-0.39, 0.29) is 11.6 Å². The van der Waals surface area contributed by atoms with E-state index in [1.165, 1.54) is 17.8 Å². The molecule has 0 aromatic heterocycles. The zero-order chi connectivity index (χ0) is 13.7. The van der Waals surface area contributed by atoms with E-state index in [0.29, 0.717) is 23.1 Å². The largest absolute Gasteiger partial charge is 0.490 e. The molecule has 0 aliphatic rings. The van der Waals surface area contributed by atoms with Crippen molar-refractivity contribution in [3.05, 3.63) is 53.3 Å². The topological polar surface area (TPSA) is 35.2 Å². The summed E-state index contributed by atoms with van der Waals surface area (Å²) < 4.78 is 18.7. The molecular weight excluding hydrogens is 285 g/mol. The summed E-state index contributed by atoms with van der Waals surface area (Å²) in [5.41, 5.74) is 6.47. The van der Waals surface area contributed by atoms with Crippen molar-refractivity contribution < 1.29 is 9.13 Å². The fraction of sp³-hybridized carbons (Fsp3) is 0.143. The van der Waals surface area contributed by atoms with E-state index in [1.807, 2.05) is 0 Å². The summed E-state index contributed by atoms with van der Waals surface area (Å²) in [5, 5.41) is 0.621. The Labute approximate surface area is 120 Å². The molecule has 2 nitrogen and oxygen atoms in total. The van der Waals surface area contributed by atoms with Crippen LogP contribution in [0.4, 0.5) is 10.1 Å². The van der Waals surface area contributed by atoms with Gasteiger partial charge in [0, 0.05) is 16.3 Å². The maximum Gasteiger partial charge on any atom is 0.165 e. The van der Waals surface area contributed by atoms with E-state index in [9.17, 15) is 4.39 Å². The molecule has 0 aliphatic heterocycles. The minimum atomic E-state index is -0.357. The van der Waals surface area contributed by atoms with Crippen LogP contribution in [0.5, 0.6) is 5.75 Å². The highest BCUT2D eigenvalue weighted by Gasteiger charge is 2.06. The monoisotopic (exact) mass is 297 g/mol. The number of nitrogen functional groups attached to an aromatic ring is 1. The molecule has 19 heavy (non-hydrogen) atoms. The van der Waals surface area contributed by atoms with Crippen molar-refractivity contribution in [2.45, 2.75) is 4.90 Å². The Kier molecular flexibility index (Phi) is 4.93. The Balaban J connectivity index is 1.86. The molecule has 0 saturated heterocycles. The maximum atomic E-state index is 13.3. The fourth-order valence-corrected chi connectivity index (χ4v) is 2.69. The van der Waals surface area contributed by atoms with Crippen LogP contribution in [0.3, 0.4) is 0 Å². The average molecular weight is 298 g/mol. The van der Waals surface area contributed by atoms with E-state index in [1.54, 1.807) is 36.4 Å². The van der Waals surface area contributed by atoms with Gasteiger partial charge in [0.25, 0.3) is 0 Å². The van der Waals surface area contributed by atoms with Crippen molar-refractivity contribution in [1.82, 2.24) is 0 Å². The van der Waals surface area contributed by atoms with Gasteiger partial charge in [0.2, 0.25) is 0 Å². The number of ether oxygens (including phenoxy) is 1. The summed E-state index contributed by atoms with van der Waals surface area (Å²) >= 11 is 7.54. The number of hydrogen-bond acceptors (Lipinski definition) is 3. The molecule has 5 heteroatoms. The third kappa shape index (κ3) is 3.78. The molecule has 0 unspecified atom stereocenters. The second-order valence-electron chi connectivity index (χ2n) is 3.79. The smallest absolute Gasteiger partial charge is 0.165 e. The molecule has 2 N–H and O–H groups in total. The lowest BCUT2D eigenvalue weighted by molar-refractivity contribution is 0.325. The Morgan fingerprint density at radius 3 is 2.68 bits per heavy atom. The van der Waals surface area contributed by atoms with Gasteiger partial charge in [-0.1, -0.05) is 29.8 Å². The lowest BCUT2D eigenvalue weighted by Crippen LogP contribution is -2.02. The quantitative estimate of drug-likeness (QED) is 0.509. The summed E-state index contributed by atoms with van der Waals surface area (Å²) in [4.78, 5) is 0.835. The summed E-state index contributed by atoms with van der Waals surface area (Å²) in [7, 11) is 0. The number of halogens is 2. The third-order valence-electron chi connectivity index (χ3n) is 2.42. The molecule has 0 spiro atoms. The minimum absolute atomic E-state index is 0.259. The second kappa shape index (κ2) is 6.68. The van der Waals surface area contributed by atoms with E-state index in [4.69, 9.17) is 22.1 Å². The Morgan fingerprint density at radius 1 is 1.16 bits per heavy atom. The second-order valence-corrected chi connectivity index (χ2v) is 5.30. The molecule has 0 radical (unpaired) electrons. The molecule has 0 bridgehead atoms. The highest BCUT2D eigenvalue weighted by Crippen LogP contribution is 2.32. The van der Waals surface area contributed by atoms with Crippen LogP contribution in [-0.2, 0) is 0 Å². The standard InChI is InChI=1S/C14H13ClFNOS/c15-10-4-3-6-12(17)14(10)19-9-8-18-13-7-2-1-5-11(13)16/h1-7H,8-9,17H2. The molecule has 0 aliphatic carbocycles. The fourth-order valence-electron chi connectivity index (χ4n) is 1.53. The van der Waals surface area contributed by atoms with E-state index in [2.05, 4.69) is 0 Å². The van der Waals surface area contributed by atoms with Crippen LogP contribution in [0.2, 0.25) is 5.02 Å². The van der Waals surface area contributed by atoms with Gasteiger partial charge in [0.05, 0.1) is 11.6 Å². The van der Waals surface area contributed by atoms with E-state index >= 15 is 0 Å². The summed E-state index contributed by atoms with van der Waals surface area (Å²) in [5.74, 6) is 0.544. The van der Waals surface area contributed by atoms with Crippen LogP contribution >= 0.6 is 23.4 Å². The Hall–Kier alpha value is -1.39. The first-order chi connectivity index (χ1) is 9.18. The van der Waals surface area contributed by atoms with Gasteiger partial charge in [-0.25, -0.2) is 4.39 Å². The predicted octanol–water partition coefficient (Wildman–Crippen LogP) is 4.23. The Bertz CT molecular complexity index is 545. The van der Waals surface area contributed by atoms with Crippen LogP contribution < -0.4 is 10.5 Å². The number of rotatable bonds is 5. The predicted molar refractivity (Wildman–Crippen MR) is 78.5 cm³/mol. The highest BCUT2D eigenvalue weighted by atomic mass is 35.5. The number of anilines is 1. The molecule has 2 aromatic carbocycles. The average Bonchev–Trinajstić information content (AvgIpc) is 2.39. The van der Waals surface area contributed by atoms with Crippen molar-refractivity contribution in [3.8, 4) is 5.75 Å². The number of hydrogen-bond donors (Lipinski definition) is 1. The van der Waals surface area contributed by atoms with Gasteiger partial charge in [-0.3, -0.25) is 0 Å². The van der Waals surface area contributed by atoms with Gasteiger partial charge in [0.15, 0.2) is 11.6 Å². The summed E-state index contributed by atoms with van der Waals surface area (Å²) in [6.45, 7) is 0.385. The van der Waals surface area contributed by atoms with Crippen molar-refractivity contribution in [3.63, 3.8) is 0 Å². The molecule has 2 rings (SSSR count). The zero-order valence-corrected chi connectivity index (χ0v) is 11.7. The van der Waals surface area contributed by atoms with Gasteiger partial charge >= 0.3 is 0 Å². The van der Waals surface area contributed by atoms with Crippen LogP contribution in [-0.4, -0.2) is 12.4 Å². The molecular formula is C14H13ClFNOS. The van der Waals surface area contributed by atoms with Crippen molar-refractivity contribution in [1.29, 1.82) is 0 Å². The van der Waals surface area contributed by atoms with Gasteiger partial charge in [0.1, 0.15) is 0 Å². The van der Waals surface area contributed by atoms with Crippen molar-refractivity contribution >= 4 is 29.1 Å². The molecule has 0 amide bonds. The lowest BCUT2D eigenvalue weighted by atomic mass is 10.3. The van der Waals surface area contributed by atoms with Crippen LogP contribution in [0.15, 0.2) is 47.4 Å². The minimum Gasteiger partial charge on any atom is -0.490 e. The van der Waals surface area contributed by atoms with Crippen LogP contribution in [0, 0.1) is 5.82 Å². The third-order valence-corrected chi connectivity index (χ3v) is 3.96. The number of nitrogens with two attached hydrogens (primary N) is 1. The van der Waals surface area contributed by atoms with Crippen LogP contribution in [0.1, 0.15) is 0 Å². The number of thioether (sulfide) groups is 1. The molecule has 0 fully saturated rings. The van der Waals surface area contributed by atoms with Gasteiger partial charge < -0.3 is 10.5 Å². The first kappa shape index (κ1) is 14.0.